The number of aromatic nitrogens is 2. The van der Waals surface area contributed by atoms with Gasteiger partial charge in [0.25, 0.3) is 5.92 Å². The first-order valence-corrected chi connectivity index (χ1v) is 17.7. The molecule has 2 aromatic heterocycles. The Balaban J connectivity index is 1.24. The fraction of sp³-hybridized carbons (Fsp3) is 0.559. The molecule has 3 heterocycles. The molecule has 3 fully saturated rings. The maximum atomic E-state index is 14.1. The van der Waals surface area contributed by atoms with E-state index in [4.69, 9.17) is 36.5 Å². The zero-order chi connectivity index (χ0) is 36.3. The van der Waals surface area contributed by atoms with Crippen molar-refractivity contribution in [3.63, 3.8) is 0 Å². The predicted molar refractivity (Wildman–Crippen MR) is 185 cm³/mol. The first-order chi connectivity index (χ1) is 23.5. The van der Waals surface area contributed by atoms with Crippen LogP contribution in [0.15, 0.2) is 23.6 Å². The van der Waals surface area contributed by atoms with E-state index in [1.165, 1.54) is 23.3 Å². The molecule has 50 heavy (non-hydrogen) atoms. The molecule has 6 rings (SSSR count). The molecule has 2 aliphatic carbocycles. The number of benzene rings is 1. The van der Waals surface area contributed by atoms with Crippen LogP contribution in [0.4, 0.5) is 18.7 Å². The summed E-state index contributed by atoms with van der Waals surface area (Å²) >= 11 is 8.15. The van der Waals surface area contributed by atoms with Gasteiger partial charge in [-0.2, -0.15) is 0 Å². The Morgan fingerprint density at radius 2 is 1.78 bits per heavy atom. The molecule has 0 spiro atoms. The number of carbonyl (C=O) groups is 3. The molecular formula is C34H41ClF2N6O6S. The number of carbonyl (C=O) groups excluding carboxylic acids is 3. The molecule has 0 bridgehead atoms. The Morgan fingerprint density at radius 1 is 1.08 bits per heavy atom. The summed E-state index contributed by atoms with van der Waals surface area (Å²) in [6.45, 7) is 9.28. The van der Waals surface area contributed by atoms with Gasteiger partial charge in [0.2, 0.25) is 11.8 Å². The van der Waals surface area contributed by atoms with Crippen LogP contribution >= 0.6 is 22.9 Å². The highest BCUT2D eigenvalue weighted by Crippen LogP contribution is 2.64. The highest BCUT2D eigenvalue weighted by molar-refractivity contribution is 7.14. The van der Waals surface area contributed by atoms with Crippen LogP contribution in [0.5, 0.6) is 11.5 Å². The van der Waals surface area contributed by atoms with Crippen LogP contribution in [-0.2, 0) is 14.3 Å². The van der Waals surface area contributed by atoms with Gasteiger partial charge in [-0.15, -0.1) is 11.3 Å². The third kappa shape index (κ3) is 6.98. The number of halogens is 3. The lowest BCUT2D eigenvalue weighted by Crippen LogP contribution is -2.57. The zero-order valence-electron chi connectivity index (χ0n) is 28.6. The van der Waals surface area contributed by atoms with Gasteiger partial charge in [0.05, 0.1) is 24.9 Å². The number of thiazole rings is 1. The fourth-order valence-electron chi connectivity index (χ4n) is 6.86. The molecule has 3 aliphatic rings. The maximum absolute atomic E-state index is 14.1. The van der Waals surface area contributed by atoms with E-state index in [2.05, 4.69) is 15.6 Å². The average molecular weight is 735 g/mol. The zero-order valence-corrected chi connectivity index (χ0v) is 30.2. The summed E-state index contributed by atoms with van der Waals surface area (Å²) in [5.74, 6) is -4.70. The minimum absolute atomic E-state index is 0.0149. The van der Waals surface area contributed by atoms with Gasteiger partial charge in [0.1, 0.15) is 46.5 Å². The van der Waals surface area contributed by atoms with Crippen LogP contribution < -0.4 is 25.8 Å². The molecule has 16 heteroatoms. The van der Waals surface area contributed by atoms with Gasteiger partial charge in [-0.05, 0) is 44.2 Å². The van der Waals surface area contributed by atoms with Crippen molar-refractivity contribution in [3.05, 3.63) is 28.6 Å². The monoisotopic (exact) mass is 734 g/mol. The van der Waals surface area contributed by atoms with Crippen LogP contribution in [0.2, 0.25) is 5.02 Å². The molecule has 2 saturated carbocycles. The second-order valence-corrected chi connectivity index (χ2v) is 15.8. The number of nitrogens with zero attached hydrogens (tertiary/aromatic N) is 3. The Labute approximate surface area is 297 Å². The number of nitrogens with one attached hydrogen (secondary N) is 2. The van der Waals surface area contributed by atoms with E-state index < -0.39 is 65.4 Å². The van der Waals surface area contributed by atoms with Crippen molar-refractivity contribution < 1.29 is 37.4 Å². The van der Waals surface area contributed by atoms with E-state index in [-0.39, 0.29) is 36.9 Å². The highest BCUT2D eigenvalue weighted by Gasteiger charge is 2.72. The van der Waals surface area contributed by atoms with E-state index >= 15 is 0 Å². The van der Waals surface area contributed by atoms with E-state index in [0.717, 1.165) is 5.13 Å². The number of likely N-dealkylation sites (tertiary alicyclic amines) is 1. The second kappa shape index (κ2) is 13.3. The van der Waals surface area contributed by atoms with Crippen LogP contribution in [0, 0.1) is 17.3 Å². The van der Waals surface area contributed by atoms with Crippen molar-refractivity contribution in [1.82, 2.24) is 20.2 Å². The quantitative estimate of drug-likeness (QED) is 0.232. The normalized spacial score (nSPS) is 24.5. The van der Waals surface area contributed by atoms with Gasteiger partial charge < -0.3 is 35.5 Å². The number of hydrogen-bond acceptors (Lipinski definition) is 10. The molecule has 12 nitrogen and oxygen atoms in total. The Hall–Kier alpha value is -3.98. The number of fused-ring (bicyclic) bond motifs is 2. The lowest BCUT2D eigenvalue weighted by molar-refractivity contribution is -0.141. The largest absolute Gasteiger partial charge is 0.495 e. The van der Waals surface area contributed by atoms with Crippen molar-refractivity contribution in [2.75, 3.05) is 19.0 Å². The minimum Gasteiger partial charge on any atom is -0.495 e. The topological polar surface area (TPSA) is 158 Å². The number of pyridine rings is 1. The summed E-state index contributed by atoms with van der Waals surface area (Å²) in [5, 5.41) is 9.36. The van der Waals surface area contributed by atoms with Crippen molar-refractivity contribution in [2.45, 2.75) is 90.1 Å². The first kappa shape index (κ1) is 35.8. The number of alkyl halides is 2. The van der Waals surface area contributed by atoms with Crippen molar-refractivity contribution in [2.24, 2.45) is 23.0 Å². The van der Waals surface area contributed by atoms with Gasteiger partial charge in [-0.25, -0.2) is 23.5 Å². The first-order valence-electron chi connectivity index (χ1n) is 16.5. The SMILES string of the molecule is COc1ccc2c(OC3C[C@@H](C(N)=O)N(C(=O)[C@@H](NC(=O)OC4CC5[C@H](C4)C5(F)F)C(C)(C)C)C3)cc(-c3csc(NC(C)C)n3)nc2c1Cl. The lowest BCUT2D eigenvalue weighted by Gasteiger charge is -2.35. The number of amides is 3. The van der Waals surface area contributed by atoms with Crippen LogP contribution in [0.3, 0.4) is 0 Å². The predicted octanol–water partition coefficient (Wildman–Crippen LogP) is 5.86. The molecule has 3 unspecified atom stereocenters. The molecule has 1 saturated heterocycles. The van der Waals surface area contributed by atoms with Gasteiger partial charge in [-0.1, -0.05) is 32.4 Å². The Bertz CT molecular complexity index is 1800. The molecule has 0 radical (unpaired) electrons. The molecule has 4 N–H and O–H groups in total. The summed E-state index contributed by atoms with van der Waals surface area (Å²) in [5.41, 5.74) is 6.49. The summed E-state index contributed by atoms with van der Waals surface area (Å²) in [4.78, 5) is 50.5. The average Bonchev–Trinajstić information content (AvgIpc) is 3.60. The van der Waals surface area contributed by atoms with E-state index in [1.54, 1.807) is 39.0 Å². The molecular weight excluding hydrogens is 694 g/mol. The summed E-state index contributed by atoms with van der Waals surface area (Å²) in [6, 6.07) is 3.23. The lowest BCUT2D eigenvalue weighted by atomic mass is 9.85. The van der Waals surface area contributed by atoms with E-state index in [9.17, 15) is 23.2 Å². The Morgan fingerprint density at radius 3 is 2.40 bits per heavy atom. The molecule has 3 aromatic rings. The number of hydrogen-bond donors (Lipinski definition) is 3. The second-order valence-electron chi connectivity index (χ2n) is 14.5. The molecule has 3 amide bonds. The number of nitrogens with two attached hydrogens (primary N) is 1. The Kier molecular flexibility index (Phi) is 9.52. The van der Waals surface area contributed by atoms with Crippen LogP contribution in [-0.4, -0.2) is 82.7 Å². The highest BCUT2D eigenvalue weighted by atomic mass is 35.5. The van der Waals surface area contributed by atoms with Crippen molar-refractivity contribution >= 4 is 56.9 Å². The molecule has 1 aromatic carbocycles. The molecule has 6 atom stereocenters. The molecule has 1 aliphatic heterocycles. The van der Waals surface area contributed by atoms with E-state index in [0.29, 0.717) is 33.8 Å². The van der Waals surface area contributed by atoms with E-state index in [1.807, 2.05) is 19.2 Å². The van der Waals surface area contributed by atoms with Crippen LogP contribution in [0.25, 0.3) is 22.3 Å². The van der Waals surface area contributed by atoms with Gasteiger partial charge >= 0.3 is 6.09 Å². The summed E-state index contributed by atoms with van der Waals surface area (Å²) in [7, 11) is 1.50. The van der Waals surface area contributed by atoms with Gasteiger partial charge in [-0.3, -0.25) is 9.59 Å². The van der Waals surface area contributed by atoms with Crippen molar-refractivity contribution in [1.29, 1.82) is 0 Å². The third-order valence-corrected chi connectivity index (χ3v) is 10.6. The number of methoxy groups -OCH3 is 1. The van der Waals surface area contributed by atoms with Gasteiger partial charge in [0, 0.05) is 41.1 Å². The smallest absolute Gasteiger partial charge is 0.408 e. The summed E-state index contributed by atoms with van der Waals surface area (Å²) < 4.78 is 44.7. The van der Waals surface area contributed by atoms with Crippen molar-refractivity contribution in [3.8, 4) is 22.9 Å². The third-order valence-electron chi connectivity index (χ3n) is 9.46. The standard InChI is InChI=1S/C34H41ClF2N6O6S/c1-15(2)39-31-41-22(14-50-31)21-12-25(18-7-8-24(47-6)26(35)27(18)40-21)48-17-11-23(29(38)44)43(13-17)30(45)28(33(3,4)5)42-32(46)49-16-9-19-20(10-16)34(19,36)37/h7-8,12,14-17,19-20,23,28H,9-11,13H2,1-6H3,(H2,38,44)(H,39,41)(H,42,46)/t16?,17?,19-,20?,23-,28+/m0/s1. The number of ether oxygens (including phenoxy) is 3. The number of alkyl carbamates (subject to hydrolysis) is 1. The van der Waals surface area contributed by atoms with Gasteiger partial charge in [0.15, 0.2) is 5.13 Å². The fourth-order valence-corrected chi connectivity index (χ4v) is 7.99. The number of rotatable bonds is 10. The minimum atomic E-state index is -2.70. The number of primary amides is 1. The maximum Gasteiger partial charge on any atom is 0.408 e. The molecule has 270 valence electrons. The number of anilines is 1. The summed E-state index contributed by atoms with van der Waals surface area (Å²) in [6.07, 6.45) is -1.97. The van der Waals surface area contributed by atoms with Crippen LogP contribution in [0.1, 0.15) is 53.9 Å².